The second-order valence-corrected chi connectivity index (χ2v) is 4.86. The van der Waals surface area contributed by atoms with Gasteiger partial charge >= 0.3 is 0 Å². The number of furan rings is 2. The van der Waals surface area contributed by atoms with Gasteiger partial charge in [0.15, 0.2) is 0 Å². The highest BCUT2D eigenvalue weighted by molar-refractivity contribution is 9.10. The fourth-order valence-electron chi connectivity index (χ4n) is 2.20. The van der Waals surface area contributed by atoms with Gasteiger partial charge in [-0.2, -0.15) is 0 Å². The minimum Gasteiger partial charge on any atom is -0.464 e. The third-order valence-corrected chi connectivity index (χ3v) is 3.95. The first kappa shape index (κ1) is 10.9. The second kappa shape index (κ2) is 3.89. The summed E-state index contributed by atoms with van der Waals surface area (Å²) in [7, 11) is 1.94. The first-order valence-electron chi connectivity index (χ1n) is 5.47. The summed E-state index contributed by atoms with van der Waals surface area (Å²) in [6.45, 7) is 2.11. The quantitative estimate of drug-likeness (QED) is 0.769. The van der Waals surface area contributed by atoms with Crippen LogP contribution < -0.4 is 5.32 Å². The highest BCUT2D eigenvalue weighted by Crippen LogP contribution is 2.39. The Morgan fingerprint density at radius 1 is 1.12 bits per heavy atom. The number of hydrogen-bond acceptors (Lipinski definition) is 3. The lowest BCUT2D eigenvalue weighted by molar-refractivity contribution is 0.590. The molecule has 2 aromatic heterocycles. The first-order valence-corrected chi connectivity index (χ1v) is 6.26. The largest absolute Gasteiger partial charge is 0.464 e. The van der Waals surface area contributed by atoms with Crippen molar-refractivity contribution >= 4 is 37.9 Å². The highest BCUT2D eigenvalue weighted by atomic mass is 79.9. The molecule has 1 aromatic carbocycles. The maximum atomic E-state index is 5.62. The molecule has 3 aromatic rings. The zero-order chi connectivity index (χ0) is 12.0. The third-order valence-electron chi connectivity index (χ3n) is 3.17. The van der Waals surface area contributed by atoms with Crippen molar-refractivity contribution in [1.29, 1.82) is 0 Å². The van der Waals surface area contributed by atoms with E-state index in [1.54, 1.807) is 12.5 Å². The van der Waals surface area contributed by atoms with Gasteiger partial charge in [0.2, 0.25) is 0 Å². The van der Waals surface area contributed by atoms with E-state index in [1.165, 1.54) is 0 Å². The Bertz CT molecular complexity index is 631. The SMILES string of the molecule is CNC(C)c1c2ccoc2c(Br)c2ccoc12. The van der Waals surface area contributed by atoms with Gasteiger partial charge in [-0.1, -0.05) is 0 Å². The minimum absolute atomic E-state index is 0.205. The average Bonchev–Trinajstić information content (AvgIpc) is 2.96. The molecule has 1 unspecified atom stereocenters. The van der Waals surface area contributed by atoms with Gasteiger partial charge in [0.05, 0.1) is 17.0 Å². The van der Waals surface area contributed by atoms with Crippen LogP contribution in [0, 0.1) is 0 Å². The standard InChI is InChI=1S/C13H12BrNO2/c1-7(15-2)10-8-3-5-17-13(8)11(14)9-4-6-16-12(9)10/h3-7,15H,1-2H3. The zero-order valence-corrected chi connectivity index (χ0v) is 11.2. The summed E-state index contributed by atoms with van der Waals surface area (Å²) >= 11 is 3.57. The van der Waals surface area contributed by atoms with Crippen LogP contribution in [-0.4, -0.2) is 7.05 Å². The van der Waals surface area contributed by atoms with Crippen LogP contribution in [0.1, 0.15) is 18.5 Å². The van der Waals surface area contributed by atoms with Crippen LogP contribution in [0.25, 0.3) is 21.9 Å². The maximum absolute atomic E-state index is 5.62. The van der Waals surface area contributed by atoms with E-state index >= 15 is 0 Å². The van der Waals surface area contributed by atoms with Gasteiger partial charge in [-0.25, -0.2) is 0 Å². The molecular weight excluding hydrogens is 282 g/mol. The van der Waals surface area contributed by atoms with Crippen molar-refractivity contribution < 1.29 is 8.83 Å². The van der Waals surface area contributed by atoms with Crippen molar-refractivity contribution in [3.63, 3.8) is 0 Å². The lowest BCUT2D eigenvalue weighted by Gasteiger charge is -2.13. The topological polar surface area (TPSA) is 38.3 Å². The Morgan fingerprint density at radius 3 is 2.47 bits per heavy atom. The van der Waals surface area contributed by atoms with E-state index in [-0.39, 0.29) is 6.04 Å². The number of benzene rings is 1. The Hall–Kier alpha value is -1.26. The Morgan fingerprint density at radius 2 is 1.76 bits per heavy atom. The molecule has 4 heteroatoms. The van der Waals surface area contributed by atoms with E-state index in [1.807, 2.05) is 19.2 Å². The van der Waals surface area contributed by atoms with Gasteiger partial charge in [-0.15, -0.1) is 0 Å². The van der Waals surface area contributed by atoms with Gasteiger partial charge in [0.25, 0.3) is 0 Å². The number of rotatable bonds is 2. The van der Waals surface area contributed by atoms with E-state index in [4.69, 9.17) is 8.83 Å². The summed E-state index contributed by atoms with van der Waals surface area (Å²) in [4.78, 5) is 0. The van der Waals surface area contributed by atoms with Crippen LogP contribution in [0.2, 0.25) is 0 Å². The van der Waals surface area contributed by atoms with Crippen LogP contribution in [-0.2, 0) is 0 Å². The molecule has 2 heterocycles. The van der Waals surface area contributed by atoms with Crippen LogP contribution in [0.4, 0.5) is 0 Å². The molecule has 3 rings (SSSR count). The fourth-order valence-corrected chi connectivity index (χ4v) is 2.82. The van der Waals surface area contributed by atoms with Crippen molar-refractivity contribution in [3.05, 3.63) is 34.7 Å². The molecule has 0 bridgehead atoms. The monoisotopic (exact) mass is 293 g/mol. The molecule has 0 saturated carbocycles. The summed E-state index contributed by atoms with van der Waals surface area (Å²) in [6.07, 6.45) is 3.42. The van der Waals surface area contributed by atoms with Crippen molar-refractivity contribution in [2.24, 2.45) is 0 Å². The van der Waals surface area contributed by atoms with Gasteiger partial charge in [0, 0.05) is 22.4 Å². The molecule has 0 aliphatic heterocycles. The molecule has 88 valence electrons. The van der Waals surface area contributed by atoms with E-state index in [0.29, 0.717) is 0 Å². The van der Waals surface area contributed by atoms with E-state index < -0.39 is 0 Å². The molecule has 0 amide bonds. The van der Waals surface area contributed by atoms with Crippen molar-refractivity contribution in [1.82, 2.24) is 5.32 Å². The van der Waals surface area contributed by atoms with Crippen LogP contribution >= 0.6 is 15.9 Å². The average molecular weight is 294 g/mol. The van der Waals surface area contributed by atoms with Gasteiger partial charge in [-0.3, -0.25) is 0 Å². The normalized spacial score (nSPS) is 13.6. The molecule has 1 atom stereocenters. The molecule has 0 saturated heterocycles. The predicted molar refractivity (Wildman–Crippen MR) is 71.2 cm³/mol. The summed E-state index contributed by atoms with van der Waals surface area (Å²) < 4.78 is 12.1. The minimum atomic E-state index is 0.205. The molecule has 0 radical (unpaired) electrons. The third kappa shape index (κ3) is 1.44. The molecule has 17 heavy (non-hydrogen) atoms. The van der Waals surface area contributed by atoms with Crippen molar-refractivity contribution in [2.75, 3.05) is 7.05 Å². The van der Waals surface area contributed by atoms with Crippen molar-refractivity contribution in [3.8, 4) is 0 Å². The molecule has 3 nitrogen and oxygen atoms in total. The number of halogens is 1. The zero-order valence-electron chi connectivity index (χ0n) is 9.58. The van der Waals surface area contributed by atoms with Crippen LogP contribution in [0.3, 0.4) is 0 Å². The van der Waals surface area contributed by atoms with E-state index in [0.717, 1.165) is 32.0 Å². The smallest absolute Gasteiger partial charge is 0.149 e. The second-order valence-electron chi connectivity index (χ2n) is 4.06. The number of fused-ring (bicyclic) bond motifs is 2. The summed E-state index contributed by atoms with van der Waals surface area (Å²) in [5.41, 5.74) is 2.92. The lowest BCUT2D eigenvalue weighted by atomic mass is 10.0. The lowest BCUT2D eigenvalue weighted by Crippen LogP contribution is -2.12. The Kier molecular flexibility index (Phi) is 2.49. The van der Waals surface area contributed by atoms with Gasteiger partial charge in [-0.05, 0) is 42.0 Å². The number of hydrogen-bond donors (Lipinski definition) is 1. The van der Waals surface area contributed by atoms with Crippen LogP contribution in [0.5, 0.6) is 0 Å². The van der Waals surface area contributed by atoms with Gasteiger partial charge in [0.1, 0.15) is 11.2 Å². The predicted octanol–water partition coefficient (Wildman–Crippen LogP) is 4.22. The Balaban J connectivity index is 2.52. The number of nitrogens with one attached hydrogen (secondary N) is 1. The Labute approximate surface area is 107 Å². The summed E-state index contributed by atoms with van der Waals surface area (Å²) in [6, 6.07) is 4.13. The molecule has 0 fully saturated rings. The summed E-state index contributed by atoms with van der Waals surface area (Å²) in [5, 5.41) is 5.38. The molecule has 0 aliphatic carbocycles. The fraction of sp³-hybridized carbons (Fsp3) is 0.231. The highest BCUT2D eigenvalue weighted by Gasteiger charge is 2.20. The van der Waals surface area contributed by atoms with Gasteiger partial charge < -0.3 is 14.2 Å². The molecular formula is C13H12BrNO2. The van der Waals surface area contributed by atoms with E-state index in [9.17, 15) is 0 Å². The van der Waals surface area contributed by atoms with E-state index in [2.05, 4.69) is 28.2 Å². The van der Waals surface area contributed by atoms with Crippen molar-refractivity contribution in [2.45, 2.75) is 13.0 Å². The summed E-state index contributed by atoms with van der Waals surface area (Å²) in [5.74, 6) is 0. The molecule has 0 spiro atoms. The maximum Gasteiger partial charge on any atom is 0.149 e. The molecule has 1 N–H and O–H groups in total. The molecule has 0 aliphatic rings. The first-order chi connectivity index (χ1) is 8.24. The van der Waals surface area contributed by atoms with Crippen LogP contribution in [0.15, 0.2) is 38.0 Å².